The molecule has 0 aliphatic rings. The zero-order valence-electron chi connectivity index (χ0n) is 8.53. The Morgan fingerprint density at radius 1 is 1.54 bits per heavy atom. The van der Waals surface area contributed by atoms with Crippen molar-refractivity contribution in [1.29, 1.82) is 0 Å². The highest BCUT2D eigenvalue weighted by molar-refractivity contribution is 9.10. The van der Waals surface area contributed by atoms with Gasteiger partial charge in [-0.1, -0.05) is 6.07 Å². The molecule has 0 unspecified atom stereocenters. The maximum absolute atomic E-state index is 7.68. The van der Waals surface area contributed by atoms with Gasteiger partial charge in [-0.05, 0) is 28.1 Å². The first-order valence-corrected chi connectivity index (χ1v) is 4.33. The van der Waals surface area contributed by atoms with Crippen LogP contribution in [0.2, 0.25) is 0 Å². The maximum Gasteiger partial charge on any atom is 0.155 e. The van der Waals surface area contributed by atoms with Gasteiger partial charge >= 0.3 is 0 Å². The van der Waals surface area contributed by atoms with Gasteiger partial charge in [0.25, 0.3) is 0 Å². The molecule has 0 fully saturated rings. The molecule has 2 heterocycles. The van der Waals surface area contributed by atoms with Crippen LogP contribution in [-0.4, -0.2) is 14.8 Å². The molecule has 0 atom stereocenters. The molecule has 0 aliphatic heterocycles. The summed E-state index contributed by atoms with van der Waals surface area (Å²) in [5, 5.41) is 3.85. The van der Waals surface area contributed by atoms with E-state index in [1.54, 1.807) is 18.2 Å². The third-order valence-electron chi connectivity index (χ3n) is 1.43. The van der Waals surface area contributed by atoms with E-state index in [9.17, 15) is 0 Å². The summed E-state index contributed by atoms with van der Waals surface area (Å²) in [5.74, 6) is 0.782. The Bertz CT molecular complexity index is 511. The first kappa shape index (κ1) is 6.15. The van der Waals surface area contributed by atoms with E-state index in [-0.39, 0.29) is 12.3 Å². The van der Waals surface area contributed by atoms with Crippen molar-refractivity contribution in [3.05, 3.63) is 35.0 Å². The van der Waals surface area contributed by atoms with E-state index in [0.717, 1.165) is 0 Å². The summed E-state index contributed by atoms with van der Waals surface area (Å²) in [4.78, 5) is 4.01. The highest BCUT2D eigenvalue weighted by Gasteiger charge is 1.99. The van der Waals surface area contributed by atoms with Crippen LogP contribution >= 0.6 is 15.9 Å². The summed E-state index contributed by atoms with van der Waals surface area (Å²) in [6, 6.07) is 5.04. The standard InChI is InChI=1S/C8H7BrN4/c9-6-4-11-13(5-6)8-3-1-2-7(10)12-8/h1-5H,(H2,10,12)/i4D,5D. The van der Waals surface area contributed by atoms with Crippen LogP contribution in [0.1, 0.15) is 2.74 Å². The van der Waals surface area contributed by atoms with Crippen LogP contribution in [0.15, 0.2) is 35.0 Å². The Kier molecular flexibility index (Phi) is 1.50. The third-order valence-corrected chi connectivity index (χ3v) is 1.78. The minimum absolute atomic E-state index is 0.00391. The number of nitrogen functional groups attached to an aromatic ring is 1. The Balaban J connectivity index is 2.59. The predicted molar refractivity (Wildman–Crippen MR) is 53.5 cm³/mol. The fraction of sp³-hybridized carbons (Fsp3) is 0. The van der Waals surface area contributed by atoms with Gasteiger partial charge < -0.3 is 5.73 Å². The van der Waals surface area contributed by atoms with Gasteiger partial charge in [-0.25, -0.2) is 9.67 Å². The third kappa shape index (κ3) is 1.70. The van der Waals surface area contributed by atoms with E-state index in [2.05, 4.69) is 26.0 Å². The molecule has 2 aromatic rings. The van der Waals surface area contributed by atoms with Crippen LogP contribution in [0, 0.1) is 0 Å². The predicted octanol–water partition coefficient (Wildman–Crippen LogP) is 1.61. The second-order valence-corrected chi connectivity index (χ2v) is 3.16. The molecule has 0 aromatic carbocycles. The van der Waals surface area contributed by atoms with Crippen molar-refractivity contribution in [3.63, 3.8) is 0 Å². The average molecular weight is 241 g/mol. The molecule has 0 bridgehead atoms. The summed E-state index contributed by atoms with van der Waals surface area (Å²) in [6.07, 6.45) is 0.0855. The molecular weight excluding hydrogens is 232 g/mol. The number of rotatable bonds is 1. The van der Waals surface area contributed by atoms with Gasteiger partial charge in [0.1, 0.15) is 5.82 Å². The van der Waals surface area contributed by atoms with E-state index in [1.807, 2.05) is 0 Å². The second kappa shape index (κ2) is 3.18. The molecule has 2 aromatic heterocycles. The van der Waals surface area contributed by atoms with Crippen LogP contribution in [-0.2, 0) is 0 Å². The lowest BCUT2D eigenvalue weighted by atomic mass is 10.4. The number of hydrogen-bond acceptors (Lipinski definition) is 3. The van der Waals surface area contributed by atoms with Crippen molar-refractivity contribution in [2.24, 2.45) is 0 Å². The van der Waals surface area contributed by atoms with Gasteiger partial charge in [-0.3, -0.25) is 0 Å². The number of hydrogen-bond donors (Lipinski definition) is 1. The number of halogens is 1. The Morgan fingerprint density at radius 3 is 3.00 bits per heavy atom. The van der Waals surface area contributed by atoms with Crippen LogP contribution in [0.3, 0.4) is 0 Å². The van der Waals surface area contributed by atoms with Gasteiger partial charge in [-0.15, -0.1) is 0 Å². The fourth-order valence-corrected chi connectivity index (χ4v) is 1.15. The molecule has 0 radical (unpaired) electrons. The molecule has 13 heavy (non-hydrogen) atoms. The van der Waals surface area contributed by atoms with E-state index in [0.29, 0.717) is 16.1 Å². The van der Waals surface area contributed by atoms with Crippen molar-refractivity contribution >= 4 is 21.7 Å². The maximum atomic E-state index is 7.68. The topological polar surface area (TPSA) is 56.7 Å². The number of aromatic nitrogens is 3. The molecule has 2 N–H and O–H groups in total. The van der Waals surface area contributed by atoms with Crippen molar-refractivity contribution in [1.82, 2.24) is 14.8 Å². The largest absolute Gasteiger partial charge is 0.384 e. The zero-order chi connectivity index (χ0) is 11.0. The van der Waals surface area contributed by atoms with Gasteiger partial charge in [0, 0.05) is 6.17 Å². The smallest absolute Gasteiger partial charge is 0.155 e. The number of pyridine rings is 1. The van der Waals surface area contributed by atoms with Crippen LogP contribution in [0.4, 0.5) is 5.82 Å². The quantitative estimate of drug-likeness (QED) is 0.825. The normalized spacial score (nSPS) is 12.4. The molecule has 4 nitrogen and oxygen atoms in total. The van der Waals surface area contributed by atoms with Gasteiger partial charge in [0.15, 0.2) is 5.82 Å². The van der Waals surface area contributed by atoms with Crippen LogP contribution in [0.5, 0.6) is 0 Å². The van der Waals surface area contributed by atoms with Gasteiger partial charge in [0.2, 0.25) is 0 Å². The number of anilines is 1. The number of nitrogens with zero attached hydrogens (tertiary/aromatic N) is 3. The van der Waals surface area contributed by atoms with E-state index < -0.39 is 0 Å². The molecule has 2 rings (SSSR count). The summed E-state index contributed by atoms with van der Waals surface area (Å²) in [7, 11) is 0. The Morgan fingerprint density at radius 2 is 2.38 bits per heavy atom. The number of nitrogens with two attached hydrogens (primary N) is 1. The molecule has 0 aliphatic carbocycles. The monoisotopic (exact) mass is 240 g/mol. The first-order chi connectivity index (χ1) is 7.09. The molecular formula is C8H7BrN4. The van der Waals surface area contributed by atoms with Gasteiger partial charge in [-0.2, -0.15) is 5.10 Å². The first-order valence-electron chi connectivity index (χ1n) is 4.54. The van der Waals surface area contributed by atoms with Crippen molar-refractivity contribution in [2.75, 3.05) is 5.73 Å². The molecule has 0 spiro atoms. The molecule has 0 amide bonds. The Hall–Kier alpha value is -1.36. The summed E-state index contributed by atoms with van der Waals surface area (Å²) >= 11 is 3.10. The molecule has 0 saturated heterocycles. The summed E-state index contributed by atoms with van der Waals surface area (Å²) in [5.41, 5.74) is 5.52. The van der Waals surface area contributed by atoms with Crippen molar-refractivity contribution in [2.45, 2.75) is 0 Å². The minimum Gasteiger partial charge on any atom is -0.384 e. The average Bonchev–Trinajstić information content (AvgIpc) is 2.46. The lowest BCUT2D eigenvalue weighted by Gasteiger charge is -1.99. The Labute approximate surface area is 86.3 Å². The van der Waals surface area contributed by atoms with Crippen molar-refractivity contribution in [3.8, 4) is 5.82 Å². The summed E-state index contributed by atoms with van der Waals surface area (Å²) in [6.45, 7) is 0. The lowest BCUT2D eigenvalue weighted by molar-refractivity contribution is 0.849. The van der Waals surface area contributed by atoms with Crippen LogP contribution < -0.4 is 5.73 Å². The molecule has 66 valence electrons. The lowest BCUT2D eigenvalue weighted by Crippen LogP contribution is -1.99. The molecule has 5 heteroatoms. The second-order valence-electron chi connectivity index (χ2n) is 2.37. The van der Waals surface area contributed by atoms with Crippen LogP contribution in [0.25, 0.3) is 5.82 Å². The van der Waals surface area contributed by atoms with Gasteiger partial charge in [0.05, 0.1) is 13.4 Å². The minimum atomic E-state index is 0.00391. The highest BCUT2D eigenvalue weighted by atomic mass is 79.9. The molecule has 0 saturated carbocycles. The SMILES string of the molecule is [2H]c1nn(-c2cccc(N)n2)c([2H])c1Br. The van der Waals surface area contributed by atoms with Crippen molar-refractivity contribution < 1.29 is 2.74 Å². The zero-order valence-corrected chi connectivity index (χ0v) is 8.12. The van der Waals surface area contributed by atoms with E-state index in [4.69, 9.17) is 8.48 Å². The summed E-state index contributed by atoms with van der Waals surface area (Å²) < 4.78 is 16.7. The fourth-order valence-electron chi connectivity index (χ4n) is 0.903. The highest BCUT2D eigenvalue weighted by Crippen LogP contribution is 2.11. The van der Waals surface area contributed by atoms with E-state index >= 15 is 0 Å². The van der Waals surface area contributed by atoms with E-state index in [1.165, 1.54) is 4.68 Å².